The van der Waals surface area contributed by atoms with E-state index in [1.165, 1.54) is 0 Å². The van der Waals surface area contributed by atoms with Crippen LogP contribution in [0.25, 0.3) is 11.2 Å². The van der Waals surface area contributed by atoms with Gasteiger partial charge in [0.2, 0.25) is 5.95 Å². The fraction of sp³-hybridized carbons (Fsp3) is 0.300. The minimum Gasteiger partial charge on any atom is -0.369 e. The van der Waals surface area contributed by atoms with Gasteiger partial charge in [0.25, 0.3) is 5.56 Å². The molecule has 3 N–H and O–H groups in total. The molecular formula is C10H11N5O. The molecule has 1 aliphatic carbocycles. The number of aromatic nitrogens is 4. The van der Waals surface area contributed by atoms with E-state index >= 15 is 0 Å². The second kappa shape index (κ2) is 3.19. The van der Waals surface area contributed by atoms with E-state index in [1.54, 1.807) is 6.33 Å². The molecule has 0 bridgehead atoms. The van der Waals surface area contributed by atoms with Crippen LogP contribution in [-0.4, -0.2) is 19.5 Å². The Morgan fingerprint density at radius 2 is 2.44 bits per heavy atom. The van der Waals surface area contributed by atoms with Crippen molar-refractivity contribution in [2.24, 2.45) is 0 Å². The number of rotatable bonds is 1. The average Bonchev–Trinajstić information content (AvgIpc) is 2.83. The topological polar surface area (TPSA) is 89.6 Å². The molecule has 0 aliphatic heterocycles. The lowest BCUT2D eigenvalue weighted by Crippen LogP contribution is -2.13. The Morgan fingerprint density at radius 3 is 3.19 bits per heavy atom. The van der Waals surface area contributed by atoms with Crippen molar-refractivity contribution in [1.82, 2.24) is 19.5 Å². The summed E-state index contributed by atoms with van der Waals surface area (Å²) >= 11 is 0. The fourth-order valence-electron chi connectivity index (χ4n) is 2.03. The Balaban J connectivity index is 2.26. The highest BCUT2D eigenvalue weighted by molar-refractivity contribution is 5.70. The second-order valence-electron chi connectivity index (χ2n) is 3.85. The van der Waals surface area contributed by atoms with E-state index in [9.17, 15) is 4.79 Å². The molecule has 2 heterocycles. The van der Waals surface area contributed by atoms with Gasteiger partial charge in [-0.1, -0.05) is 12.2 Å². The van der Waals surface area contributed by atoms with Crippen molar-refractivity contribution in [3.05, 3.63) is 28.8 Å². The molecule has 82 valence electrons. The summed E-state index contributed by atoms with van der Waals surface area (Å²) in [5, 5.41) is 0. The summed E-state index contributed by atoms with van der Waals surface area (Å²) in [5.74, 6) is 0.126. The summed E-state index contributed by atoms with van der Waals surface area (Å²) in [7, 11) is 0. The van der Waals surface area contributed by atoms with Crippen LogP contribution in [0.4, 0.5) is 5.95 Å². The molecule has 0 radical (unpaired) electrons. The minimum atomic E-state index is -0.289. The Kier molecular flexibility index (Phi) is 1.82. The third-order valence-corrected chi connectivity index (χ3v) is 2.80. The molecule has 0 aromatic carbocycles. The summed E-state index contributed by atoms with van der Waals surface area (Å²) in [6.45, 7) is 0. The van der Waals surface area contributed by atoms with Crippen molar-refractivity contribution in [3.8, 4) is 0 Å². The van der Waals surface area contributed by atoms with Crippen LogP contribution in [0.5, 0.6) is 0 Å². The number of H-pyrrole nitrogens is 1. The van der Waals surface area contributed by atoms with E-state index in [0.717, 1.165) is 12.8 Å². The number of nitrogens with zero attached hydrogens (tertiary/aromatic N) is 3. The Hall–Kier alpha value is -2.11. The van der Waals surface area contributed by atoms with Crippen LogP contribution in [0.3, 0.4) is 0 Å². The number of nitrogens with two attached hydrogens (primary N) is 1. The van der Waals surface area contributed by atoms with Crippen molar-refractivity contribution in [3.63, 3.8) is 0 Å². The Labute approximate surface area is 90.8 Å². The lowest BCUT2D eigenvalue weighted by atomic mass is 10.2. The smallest absolute Gasteiger partial charge is 0.280 e. The second-order valence-corrected chi connectivity index (χ2v) is 3.85. The molecule has 1 atom stereocenters. The molecule has 1 aliphatic rings. The summed E-state index contributed by atoms with van der Waals surface area (Å²) in [4.78, 5) is 22.2. The first kappa shape index (κ1) is 9.14. The lowest BCUT2D eigenvalue weighted by molar-refractivity contribution is 0.602. The number of hydrogen-bond acceptors (Lipinski definition) is 4. The number of fused-ring (bicyclic) bond motifs is 1. The van der Waals surface area contributed by atoms with Gasteiger partial charge in [-0.3, -0.25) is 9.78 Å². The van der Waals surface area contributed by atoms with Gasteiger partial charge < -0.3 is 10.3 Å². The quantitative estimate of drug-likeness (QED) is 0.684. The van der Waals surface area contributed by atoms with Gasteiger partial charge in [-0.15, -0.1) is 0 Å². The van der Waals surface area contributed by atoms with E-state index in [1.807, 2.05) is 4.57 Å². The largest absolute Gasteiger partial charge is 0.369 e. The number of aromatic amines is 1. The zero-order valence-electron chi connectivity index (χ0n) is 8.55. The van der Waals surface area contributed by atoms with Crippen LogP contribution in [0, 0.1) is 0 Å². The number of hydrogen-bond donors (Lipinski definition) is 2. The van der Waals surface area contributed by atoms with Gasteiger partial charge in [0, 0.05) is 0 Å². The fourth-order valence-corrected chi connectivity index (χ4v) is 2.03. The van der Waals surface area contributed by atoms with E-state index in [2.05, 4.69) is 27.1 Å². The first-order chi connectivity index (χ1) is 7.75. The monoisotopic (exact) mass is 217 g/mol. The van der Waals surface area contributed by atoms with Gasteiger partial charge in [-0.05, 0) is 12.8 Å². The third-order valence-electron chi connectivity index (χ3n) is 2.80. The highest BCUT2D eigenvalue weighted by Crippen LogP contribution is 2.24. The number of anilines is 1. The van der Waals surface area contributed by atoms with Crippen molar-refractivity contribution < 1.29 is 0 Å². The van der Waals surface area contributed by atoms with E-state index in [-0.39, 0.29) is 17.5 Å². The number of imidazole rings is 1. The van der Waals surface area contributed by atoms with Crippen LogP contribution >= 0.6 is 0 Å². The maximum atomic E-state index is 11.6. The molecule has 0 unspecified atom stereocenters. The molecule has 16 heavy (non-hydrogen) atoms. The number of nitrogen functional groups attached to an aromatic ring is 1. The highest BCUT2D eigenvalue weighted by atomic mass is 16.1. The van der Waals surface area contributed by atoms with Gasteiger partial charge in [0.05, 0.1) is 12.4 Å². The SMILES string of the molecule is Nc1nc2c(ncn2[C@H]2C=CCC2)c(=O)[nH]1. The number of allylic oxidation sites excluding steroid dienone is 2. The van der Waals surface area contributed by atoms with Crippen molar-refractivity contribution in [2.75, 3.05) is 5.73 Å². The highest BCUT2D eigenvalue weighted by Gasteiger charge is 2.16. The molecule has 0 spiro atoms. The molecular weight excluding hydrogens is 206 g/mol. The van der Waals surface area contributed by atoms with Crippen molar-refractivity contribution >= 4 is 17.1 Å². The van der Waals surface area contributed by atoms with Crippen LogP contribution in [-0.2, 0) is 0 Å². The Bertz CT molecular complexity index is 624. The first-order valence-corrected chi connectivity index (χ1v) is 5.14. The van der Waals surface area contributed by atoms with Crippen LogP contribution in [0.2, 0.25) is 0 Å². The van der Waals surface area contributed by atoms with Crippen LogP contribution < -0.4 is 11.3 Å². The normalized spacial score (nSPS) is 19.6. The van der Waals surface area contributed by atoms with Crippen molar-refractivity contribution in [1.29, 1.82) is 0 Å². The number of nitrogens with one attached hydrogen (secondary N) is 1. The van der Waals surface area contributed by atoms with E-state index < -0.39 is 0 Å². The van der Waals surface area contributed by atoms with E-state index in [4.69, 9.17) is 5.73 Å². The van der Waals surface area contributed by atoms with Crippen LogP contribution in [0.1, 0.15) is 18.9 Å². The predicted octanol–water partition coefficient (Wildman–Crippen LogP) is 0.593. The van der Waals surface area contributed by atoms with Gasteiger partial charge in [0.1, 0.15) is 0 Å². The van der Waals surface area contributed by atoms with Gasteiger partial charge in [0.15, 0.2) is 11.2 Å². The first-order valence-electron chi connectivity index (χ1n) is 5.14. The zero-order valence-corrected chi connectivity index (χ0v) is 8.55. The molecule has 2 aromatic heterocycles. The standard InChI is InChI=1S/C10H11N5O/c11-10-13-8-7(9(16)14-10)12-5-15(8)6-3-1-2-4-6/h1,3,5-6H,2,4H2,(H3,11,13,14,16)/t6-/m0/s1. The van der Waals surface area contributed by atoms with Gasteiger partial charge in [-0.2, -0.15) is 4.98 Å². The summed E-state index contributed by atoms with van der Waals surface area (Å²) < 4.78 is 1.89. The maximum Gasteiger partial charge on any atom is 0.280 e. The summed E-state index contributed by atoms with van der Waals surface area (Å²) in [6, 6.07) is 0.235. The molecule has 6 nitrogen and oxygen atoms in total. The minimum absolute atomic E-state index is 0.126. The molecule has 0 saturated heterocycles. The molecule has 0 saturated carbocycles. The zero-order chi connectivity index (χ0) is 11.1. The van der Waals surface area contributed by atoms with Crippen molar-refractivity contribution in [2.45, 2.75) is 18.9 Å². The summed E-state index contributed by atoms with van der Waals surface area (Å²) in [5.41, 5.74) is 6.13. The van der Waals surface area contributed by atoms with Crippen LogP contribution in [0.15, 0.2) is 23.3 Å². The van der Waals surface area contributed by atoms with Gasteiger partial charge >= 0.3 is 0 Å². The maximum absolute atomic E-state index is 11.6. The molecule has 0 amide bonds. The molecule has 3 rings (SSSR count). The van der Waals surface area contributed by atoms with Gasteiger partial charge in [-0.25, -0.2) is 4.98 Å². The Morgan fingerprint density at radius 1 is 1.56 bits per heavy atom. The lowest BCUT2D eigenvalue weighted by Gasteiger charge is -2.09. The van der Waals surface area contributed by atoms with E-state index in [0.29, 0.717) is 11.2 Å². The summed E-state index contributed by atoms with van der Waals surface area (Å²) in [6.07, 6.45) is 7.92. The molecule has 6 heteroatoms. The average molecular weight is 217 g/mol. The third kappa shape index (κ3) is 1.23. The predicted molar refractivity (Wildman–Crippen MR) is 60.0 cm³/mol. The molecule has 2 aromatic rings. The molecule has 0 fully saturated rings.